The van der Waals surface area contributed by atoms with Gasteiger partial charge in [0.15, 0.2) is 0 Å². The van der Waals surface area contributed by atoms with Crippen LogP contribution in [0.1, 0.15) is 25.7 Å². The molecule has 0 aromatic heterocycles. The zero-order chi connectivity index (χ0) is 14.5. The Morgan fingerprint density at radius 1 is 1.45 bits per heavy atom. The van der Waals surface area contributed by atoms with Crippen LogP contribution in [-0.4, -0.2) is 36.0 Å². The molecule has 2 rings (SSSR count). The molecule has 1 aliphatic rings. The molecule has 0 heterocycles. The average molecular weight is 298 g/mol. The number of nitro benzene ring substituents is 1. The summed E-state index contributed by atoms with van der Waals surface area (Å²) < 4.78 is 0. The first kappa shape index (κ1) is 15.1. The van der Waals surface area contributed by atoms with Crippen molar-refractivity contribution in [2.75, 3.05) is 25.5 Å². The van der Waals surface area contributed by atoms with Crippen LogP contribution in [0.5, 0.6) is 0 Å². The van der Waals surface area contributed by atoms with E-state index in [0.717, 1.165) is 18.8 Å². The van der Waals surface area contributed by atoms with Gasteiger partial charge in [-0.3, -0.25) is 10.1 Å². The molecule has 0 atom stereocenters. The van der Waals surface area contributed by atoms with E-state index in [1.54, 1.807) is 6.07 Å². The van der Waals surface area contributed by atoms with E-state index in [-0.39, 0.29) is 5.69 Å². The van der Waals surface area contributed by atoms with Gasteiger partial charge in [-0.15, -0.1) is 0 Å². The number of nitrogens with zero attached hydrogens (tertiary/aromatic N) is 2. The molecule has 0 radical (unpaired) electrons. The first-order chi connectivity index (χ1) is 9.58. The fourth-order valence-corrected chi connectivity index (χ4v) is 2.90. The van der Waals surface area contributed by atoms with Crippen molar-refractivity contribution in [2.45, 2.75) is 31.7 Å². The Hall–Kier alpha value is -1.33. The van der Waals surface area contributed by atoms with Crippen LogP contribution < -0.4 is 5.32 Å². The first-order valence-corrected chi connectivity index (χ1v) is 7.34. The van der Waals surface area contributed by atoms with E-state index in [2.05, 4.69) is 17.3 Å². The van der Waals surface area contributed by atoms with Gasteiger partial charge in [0.2, 0.25) is 0 Å². The minimum atomic E-state index is -0.441. The Morgan fingerprint density at radius 2 is 2.15 bits per heavy atom. The summed E-state index contributed by atoms with van der Waals surface area (Å²) in [5.74, 6) is 0. The molecule has 1 fully saturated rings. The highest BCUT2D eigenvalue weighted by atomic mass is 35.5. The minimum absolute atomic E-state index is 0.0172. The van der Waals surface area contributed by atoms with Crippen LogP contribution in [0.4, 0.5) is 11.4 Å². The van der Waals surface area contributed by atoms with Crippen LogP contribution in [0, 0.1) is 10.1 Å². The molecule has 1 saturated carbocycles. The third kappa shape index (κ3) is 3.84. The molecular weight excluding hydrogens is 278 g/mol. The van der Waals surface area contributed by atoms with Gasteiger partial charge in [0.05, 0.1) is 15.6 Å². The maximum atomic E-state index is 10.6. The number of rotatable bonds is 6. The van der Waals surface area contributed by atoms with E-state index in [9.17, 15) is 10.1 Å². The Morgan fingerprint density at radius 3 is 2.75 bits per heavy atom. The van der Waals surface area contributed by atoms with Crippen molar-refractivity contribution in [3.05, 3.63) is 33.3 Å². The van der Waals surface area contributed by atoms with Crippen molar-refractivity contribution >= 4 is 23.0 Å². The summed E-state index contributed by atoms with van der Waals surface area (Å²) in [6, 6.07) is 5.21. The molecule has 110 valence electrons. The molecule has 1 aromatic carbocycles. The molecule has 5 nitrogen and oxygen atoms in total. The predicted molar refractivity (Wildman–Crippen MR) is 81.5 cm³/mol. The number of halogens is 1. The lowest BCUT2D eigenvalue weighted by Crippen LogP contribution is -2.33. The molecule has 1 N–H and O–H groups in total. The van der Waals surface area contributed by atoms with Crippen LogP contribution in [-0.2, 0) is 0 Å². The summed E-state index contributed by atoms with van der Waals surface area (Å²) in [5, 5.41) is 14.3. The van der Waals surface area contributed by atoms with Gasteiger partial charge in [0.25, 0.3) is 5.69 Å². The maximum Gasteiger partial charge on any atom is 0.271 e. The van der Waals surface area contributed by atoms with Gasteiger partial charge in [-0.1, -0.05) is 24.4 Å². The third-order valence-corrected chi connectivity index (χ3v) is 4.20. The van der Waals surface area contributed by atoms with Crippen molar-refractivity contribution in [3.63, 3.8) is 0 Å². The summed E-state index contributed by atoms with van der Waals surface area (Å²) in [5.41, 5.74) is 0.765. The SMILES string of the molecule is CN(CCNc1ccc([N+](=O)[O-])cc1Cl)C1CCCC1. The fourth-order valence-electron chi connectivity index (χ4n) is 2.66. The highest BCUT2D eigenvalue weighted by molar-refractivity contribution is 6.33. The Bertz CT molecular complexity index is 475. The first-order valence-electron chi connectivity index (χ1n) is 6.96. The molecule has 0 amide bonds. The van der Waals surface area contributed by atoms with E-state index in [4.69, 9.17) is 11.6 Å². The van der Waals surface area contributed by atoms with Crippen molar-refractivity contribution in [1.82, 2.24) is 4.90 Å². The number of nitro groups is 1. The molecule has 6 heteroatoms. The van der Waals surface area contributed by atoms with E-state index in [0.29, 0.717) is 11.1 Å². The second-order valence-corrected chi connectivity index (χ2v) is 5.67. The van der Waals surface area contributed by atoms with Gasteiger partial charge < -0.3 is 10.2 Å². The second-order valence-electron chi connectivity index (χ2n) is 5.27. The largest absolute Gasteiger partial charge is 0.383 e. The molecule has 0 unspecified atom stereocenters. The molecule has 0 aliphatic heterocycles. The fraction of sp³-hybridized carbons (Fsp3) is 0.571. The van der Waals surface area contributed by atoms with Gasteiger partial charge in [0, 0.05) is 31.3 Å². The normalized spacial score (nSPS) is 15.8. The second kappa shape index (κ2) is 6.90. The number of anilines is 1. The van der Waals surface area contributed by atoms with Gasteiger partial charge in [-0.2, -0.15) is 0 Å². The highest BCUT2D eigenvalue weighted by Crippen LogP contribution is 2.26. The van der Waals surface area contributed by atoms with Crippen molar-refractivity contribution in [2.24, 2.45) is 0 Å². The van der Waals surface area contributed by atoms with E-state index in [1.165, 1.54) is 37.8 Å². The average Bonchev–Trinajstić information content (AvgIpc) is 2.94. The zero-order valence-electron chi connectivity index (χ0n) is 11.6. The Labute approximate surface area is 124 Å². The van der Waals surface area contributed by atoms with Crippen molar-refractivity contribution < 1.29 is 4.92 Å². The van der Waals surface area contributed by atoms with Crippen LogP contribution >= 0.6 is 11.6 Å². The maximum absolute atomic E-state index is 10.6. The lowest BCUT2D eigenvalue weighted by atomic mass is 10.2. The molecule has 0 saturated heterocycles. The molecular formula is C14H20ClN3O2. The summed E-state index contributed by atoms with van der Waals surface area (Å²) in [7, 11) is 2.15. The van der Waals surface area contributed by atoms with Crippen LogP contribution in [0.15, 0.2) is 18.2 Å². The van der Waals surface area contributed by atoms with Crippen LogP contribution in [0.3, 0.4) is 0 Å². The molecule has 1 aliphatic carbocycles. The third-order valence-electron chi connectivity index (χ3n) is 3.89. The summed E-state index contributed by atoms with van der Waals surface area (Å²) in [6.07, 6.45) is 5.23. The smallest absolute Gasteiger partial charge is 0.271 e. The van der Waals surface area contributed by atoms with E-state index < -0.39 is 4.92 Å². The predicted octanol–water partition coefficient (Wildman–Crippen LogP) is 3.53. The summed E-state index contributed by atoms with van der Waals surface area (Å²) in [6.45, 7) is 1.72. The summed E-state index contributed by atoms with van der Waals surface area (Å²) in [4.78, 5) is 12.6. The Kier molecular flexibility index (Phi) is 5.20. The van der Waals surface area contributed by atoms with Crippen LogP contribution in [0.25, 0.3) is 0 Å². The van der Waals surface area contributed by atoms with Gasteiger partial charge in [-0.05, 0) is 26.0 Å². The highest BCUT2D eigenvalue weighted by Gasteiger charge is 2.18. The van der Waals surface area contributed by atoms with Crippen LogP contribution in [0.2, 0.25) is 5.02 Å². The number of nitrogens with one attached hydrogen (secondary N) is 1. The van der Waals surface area contributed by atoms with Crippen molar-refractivity contribution in [1.29, 1.82) is 0 Å². The molecule has 1 aromatic rings. The van der Waals surface area contributed by atoms with Gasteiger partial charge >= 0.3 is 0 Å². The minimum Gasteiger partial charge on any atom is -0.383 e. The van der Waals surface area contributed by atoms with Gasteiger partial charge in [-0.25, -0.2) is 0 Å². The van der Waals surface area contributed by atoms with Crippen molar-refractivity contribution in [3.8, 4) is 0 Å². The Balaban J connectivity index is 1.83. The quantitative estimate of drug-likeness (QED) is 0.644. The number of non-ortho nitro benzene ring substituents is 1. The number of benzene rings is 1. The zero-order valence-corrected chi connectivity index (χ0v) is 12.4. The molecule has 0 bridgehead atoms. The monoisotopic (exact) mass is 297 g/mol. The number of likely N-dealkylation sites (N-methyl/N-ethyl adjacent to an activating group) is 1. The van der Waals surface area contributed by atoms with Gasteiger partial charge in [0.1, 0.15) is 0 Å². The lowest BCUT2D eigenvalue weighted by molar-refractivity contribution is -0.384. The standard InChI is InChI=1S/C14H20ClN3O2/c1-17(11-4-2-3-5-11)9-8-16-14-7-6-12(18(19)20)10-13(14)15/h6-7,10-11,16H,2-5,8-9H2,1H3. The summed E-state index contributed by atoms with van der Waals surface area (Å²) >= 11 is 6.04. The molecule has 20 heavy (non-hydrogen) atoms. The topological polar surface area (TPSA) is 58.4 Å². The number of hydrogen-bond donors (Lipinski definition) is 1. The number of hydrogen-bond acceptors (Lipinski definition) is 4. The van der Waals surface area contributed by atoms with E-state index in [1.807, 2.05) is 0 Å². The molecule has 0 spiro atoms. The van der Waals surface area contributed by atoms with E-state index >= 15 is 0 Å². The lowest BCUT2D eigenvalue weighted by Gasteiger charge is -2.24.